The molecule has 0 spiro atoms. The van der Waals surface area contributed by atoms with E-state index in [9.17, 15) is 14.7 Å². The van der Waals surface area contributed by atoms with Crippen LogP contribution in [0.25, 0.3) is 0 Å². The predicted octanol–water partition coefficient (Wildman–Crippen LogP) is 1.47. The highest BCUT2D eigenvalue weighted by molar-refractivity contribution is 5.80. The SMILES string of the molecule is CN(C(=O)OC(C)(C)C)C(CC(C)(C)O)C(=O)O. The van der Waals surface area contributed by atoms with E-state index in [-0.39, 0.29) is 6.42 Å². The van der Waals surface area contributed by atoms with Crippen LogP contribution in [-0.2, 0) is 9.53 Å². The Hall–Kier alpha value is -1.30. The van der Waals surface area contributed by atoms with Gasteiger partial charge in [-0.2, -0.15) is 0 Å². The van der Waals surface area contributed by atoms with Gasteiger partial charge in [-0.05, 0) is 34.6 Å². The zero-order valence-electron chi connectivity index (χ0n) is 11.9. The Labute approximate surface area is 108 Å². The zero-order chi connectivity index (χ0) is 14.7. The lowest BCUT2D eigenvalue weighted by Crippen LogP contribution is -2.47. The van der Waals surface area contributed by atoms with Crippen molar-refractivity contribution in [2.45, 2.75) is 58.3 Å². The minimum atomic E-state index is -1.18. The highest BCUT2D eigenvalue weighted by atomic mass is 16.6. The molecule has 0 saturated heterocycles. The van der Waals surface area contributed by atoms with Gasteiger partial charge < -0.3 is 14.9 Å². The maximum atomic E-state index is 11.7. The smallest absolute Gasteiger partial charge is 0.410 e. The van der Waals surface area contributed by atoms with E-state index in [4.69, 9.17) is 9.84 Å². The fourth-order valence-electron chi connectivity index (χ4n) is 1.32. The van der Waals surface area contributed by atoms with Crippen molar-refractivity contribution < 1.29 is 24.5 Å². The zero-order valence-corrected chi connectivity index (χ0v) is 11.9. The van der Waals surface area contributed by atoms with Gasteiger partial charge in [-0.1, -0.05) is 0 Å². The third-order valence-corrected chi connectivity index (χ3v) is 2.13. The fourth-order valence-corrected chi connectivity index (χ4v) is 1.32. The number of carbonyl (C=O) groups excluding carboxylic acids is 1. The average Bonchev–Trinajstić information content (AvgIpc) is 2.08. The van der Waals surface area contributed by atoms with Crippen LogP contribution in [0.1, 0.15) is 41.0 Å². The van der Waals surface area contributed by atoms with E-state index in [2.05, 4.69) is 0 Å². The van der Waals surface area contributed by atoms with Crippen molar-refractivity contribution in [3.05, 3.63) is 0 Å². The number of carboxylic acids is 1. The van der Waals surface area contributed by atoms with Gasteiger partial charge in [0.1, 0.15) is 11.6 Å². The summed E-state index contributed by atoms with van der Waals surface area (Å²) in [6.45, 7) is 8.08. The van der Waals surface area contributed by atoms with E-state index in [0.717, 1.165) is 4.90 Å². The lowest BCUT2D eigenvalue weighted by molar-refractivity contribution is -0.144. The van der Waals surface area contributed by atoms with Gasteiger partial charge >= 0.3 is 12.1 Å². The Balaban J connectivity index is 4.83. The third-order valence-electron chi connectivity index (χ3n) is 2.13. The molecule has 2 N–H and O–H groups in total. The average molecular weight is 261 g/mol. The molecule has 6 nitrogen and oxygen atoms in total. The molecule has 1 amide bonds. The Morgan fingerprint density at radius 1 is 1.22 bits per heavy atom. The van der Waals surface area contributed by atoms with E-state index >= 15 is 0 Å². The maximum Gasteiger partial charge on any atom is 0.410 e. The molecule has 0 heterocycles. The summed E-state index contributed by atoms with van der Waals surface area (Å²) in [6.07, 6.45) is -0.794. The van der Waals surface area contributed by atoms with Gasteiger partial charge in [0.15, 0.2) is 0 Å². The van der Waals surface area contributed by atoms with Gasteiger partial charge in [-0.3, -0.25) is 4.90 Å². The number of rotatable bonds is 4. The number of hydrogen-bond donors (Lipinski definition) is 2. The standard InChI is InChI=1S/C12H23NO5/c1-11(2,3)18-10(16)13(6)8(9(14)15)7-12(4,5)17/h8,17H,7H2,1-6H3,(H,14,15). The van der Waals surface area contributed by atoms with Crippen LogP contribution in [0.4, 0.5) is 4.79 Å². The molecule has 0 aliphatic rings. The van der Waals surface area contributed by atoms with Crippen molar-refractivity contribution in [3.63, 3.8) is 0 Å². The molecule has 0 fully saturated rings. The van der Waals surface area contributed by atoms with Gasteiger partial charge in [0.05, 0.1) is 5.60 Å². The minimum Gasteiger partial charge on any atom is -0.480 e. The molecule has 18 heavy (non-hydrogen) atoms. The number of nitrogens with zero attached hydrogens (tertiary/aromatic N) is 1. The minimum absolute atomic E-state index is 0.0714. The van der Waals surface area contributed by atoms with E-state index in [0.29, 0.717) is 0 Å². The second-order valence-corrected chi connectivity index (χ2v) is 5.96. The summed E-state index contributed by atoms with van der Waals surface area (Å²) in [6, 6.07) is -1.13. The molecule has 0 saturated carbocycles. The third kappa shape index (κ3) is 6.44. The molecule has 0 rings (SSSR count). The molecule has 0 aromatic heterocycles. The molecule has 0 aromatic rings. The largest absolute Gasteiger partial charge is 0.480 e. The molecular formula is C12H23NO5. The molecular weight excluding hydrogens is 238 g/mol. The van der Waals surface area contributed by atoms with E-state index in [1.165, 1.54) is 20.9 Å². The van der Waals surface area contributed by atoms with Crippen molar-refractivity contribution >= 4 is 12.1 Å². The summed E-state index contributed by atoms with van der Waals surface area (Å²) in [5.74, 6) is -1.18. The molecule has 106 valence electrons. The van der Waals surface area contributed by atoms with Crippen LogP contribution in [0.3, 0.4) is 0 Å². The molecule has 6 heteroatoms. The number of hydrogen-bond acceptors (Lipinski definition) is 4. The van der Waals surface area contributed by atoms with Gasteiger partial charge in [-0.15, -0.1) is 0 Å². The first-order chi connectivity index (χ1) is 7.83. The summed E-state index contributed by atoms with van der Waals surface area (Å²) >= 11 is 0. The first kappa shape index (κ1) is 16.7. The quantitative estimate of drug-likeness (QED) is 0.800. The normalized spacial score (nSPS) is 13.9. The Morgan fingerprint density at radius 3 is 1.94 bits per heavy atom. The Kier molecular flexibility index (Phi) is 5.16. The number of ether oxygens (including phenoxy) is 1. The molecule has 1 atom stereocenters. The van der Waals surface area contributed by atoms with Crippen LogP contribution in [-0.4, -0.2) is 51.5 Å². The second-order valence-electron chi connectivity index (χ2n) is 5.96. The number of likely N-dealkylation sites (N-methyl/N-ethyl adjacent to an activating group) is 1. The summed E-state index contributed by atoms with van der Waals surface area (Å²) < 4.78 is 5.09. The van der Waals surface area contributed by atoms with Crippen molar-refractivity contribution in [2.24, 2.45) is 0 Å². The summed E-state index contributed by atoms with van der Waals surface area (Å²) in [5, 5.41) is 18.8. The van der Waals surface area contributed by atoms with Crippen LogP contribution in [0.5, 0.6) is 0 Å². The van der Waals surface area contributed by atoms with E-state index in [1.807, 2.05) is 0 Å². The highest BCUT2D eigenvalue weighted by Gasteiger charge is 2.33. The van der Waals surface area contributed by atoms with Gasteiger partial charge in [0, 0.05) is 13.5 Å². The number of carboxylic acid groups (broad SMARTS) is 1. The molecule has 0 aliphatic heterocycles. The van der Waals surface area contributed by atoms with Crippen molar-refractivity contribution in [1.29, 1.82) is 0 Å². The summed E-state index contributed by atoms with van der Waals surface area (Å²) in [4.78, 5) is 23.9. The predicted molar refractivity (Wildman–Crippen MR) is 66.3 cm³/mol. The number of amides is 1. The van der Waals surface area contributed by atoms with E-state index < -0.39 is 29.3 Å². The fraction of sp³-hybridized carbons (Fsp3) is 0.833. The molecule has 0 bridgehead atoms. The van der Waals surface area contributed by atoms with E-state index in [1.54, 1.807) is 20.8 Å². The molecule has 0 aliphatic carbocycles. The first-order valence-corrected chi connectivity index (χ1v) is 5.74. The summed E-state index contributed by atoms with van der Waals surface area (Å²) in [7, 11) is 1.35. The number of carbonyl (C=O) groups is 2. The lowest BCUT2D eigenvalue weighted by Gasteiger charge is -2.31. The van der Waals surface area contributed by atoms with Crippen molar-refractivity contribution in [2.75, 3.05) is 7.05 Å². The van der Waals surface area contributed by atoms with Crippen LogP contribution >= 0.6 is 0 Å². The first-order valence-electron chi connectivity index (χ1n) is 5.74. The molecule has 1 unspecified atom stereocenters. The number of aliphatic carboxylic acids is 1. The van der Waals surface area contributed by atoms with Crippen molar-refractivity contribution in [1.82, 2.24) is 4.90 Å². The maximum absolute atomic E-state index is 11.7. The van der Waals surface area contributed by atoms with Gasteiger partial charge in [0.25, 0.3) is 0 Å². The summed E-state index contributed by atoms with van der Waals surface area (Å²) in [5.41, 5.74) is -1.87. The second kappa shape index (κ2) is 5.56. The highest BCUT2D eigenvalue weighted by Crippen LogP contribution is 2.17. The van der Waals surface area contributed by atoms with Crippen LogP contribution in [0, 0.1) is 0 Å². The van der Waals surface area contributed by atoms with Crippen LogP contribution < -0.4 is 0 Å². The lowest BCUT2D eigenvalue weighted by atomic mass is 9.98. The Bertz CT molecular complexity index is 313. The van der Waals surface area contributed by atoms with Crippen LogP contribution in [0.2, 0.25) is 0 Å². The van der Waals surface area contributed by atoms with Gasteiger partial charge in [0.2, 0.25) is 0 Å². The molecule has 0 aromatic carbocycles. The Morgan fingerprint density at radius 2 is 1.67 bits per heavy atom. The molecule has 0 radical (unpaired) electrons. The number of aliphatic hydroxyl groups is 1. The van der Waals surface area contributed by atoms with Crippen molar-refractivity contribution in [3.8, 4) is 0 Å². The van der Waals surface area contributed by atoms with Gasteiger partial charge in [-0.25, -0.2) is 9.59 Å². The topological polar surface area (TPSA) is 87.1 Å². The monoisotopic (exact) mass is 261 g/mol. The van der Waals surface area contributed by atoms with Crippen LogP contribution in [0.15, 0.2) is 0 Å².